The standard InChI is InChI=1S/C24H38O2/c1-5-7-8-9-15-24(3,4)19-12-14-21(23(26)16-19)22-17-20(25)13-11-18(22)10-6-2/h6,12,14,16,18,20,22,25-26H,2,5,7-11,13,15,17H2,1,3-4H3/t18-,20+,22-/m0/s1. The Labute approximate surface area is 160 Å². The number of aromatic hydroxyl groups is 1. The number of aliphatic hydroxyl groups excluding tert-OH is 1. The number of phenolic OH excluding ortho intramolecular Hbond substituents is 1. The molecule has 26 heavy (non-hydrogen) atoms. The molecule has 1 aromatic rings. The largest absolute Gasteiger partial charge is 0.508 e. The lowest BCUT2D eigenvalue weighted by molar-refractivity contribution is 0.0936. The van der Waals surface area contributed by atoms with E-state index in [9.17, 15) is 10.2 Å². The van der Waals surface area contributed by atoms with Crippen LogP contribution in [0.15, 0.2) is 30.9 Å². The Hall–Kier alpha value is -1.28. The number of phenols is 1. The van der Waals surface area contributed by atoms with E-state index in [-0.39, 0.29) is 17.4 Å². The van der Waals surface area contributed by atoms with Gasteiger partial charge in [-0.25, -0.2) is 0 Å². The molecule has 0 bridgehead atoms. The molecule has 0 radical (unpaired) electrons. The predicted molar refractivity (Wildman–Crippen MR) is 111 cm³/mol. The normalized spacial score (nSPS) is 23.8. The summed E-state index contributed by atoms with van der Waals surface area (Å²) >= 11 is 0. The Morgan fingerprint density at radius 3 is 2.62 bits per heavy atom. The lowest BCUT2D eigenvalue weighted by Crippen LogP contribution is -2.26. The van der Waals surface area contributed by atoms with Crippen LogP contribution in [0.3, 0.4) is 0 Å². The summed E-state index contributed by atoms with van der Waals surface area (Å²) in [4.78, 5) is 0. The van der Waals surface area contributed by atoms with Crippen LogP contribution in [-0.4, -0.2) is 16.3 Å². The van der Waals surface area contributed by atoms with Gasteiger partial charge in [0.1, 0.15) is 5.75 Å². The third-order valence-corrected chi connectivity index (χ3v) is 6.30. The van der Waals surface area contributed by atoms with Crippen molar-refractivity contribution in [1.29, 1.82) is 0 Å². The number of hydrogen-bond donors (Lipinski definition) is 2. The van der Waals surface area contributed by atoms with Crippen LogP contribution in [0, 0.1) is 5.92 Å². The van der Waals surface area contributed by atoms with Crippen molar-refractivity contribution >= 4 is 0 Å². The SMILES string of the molecule is C=CC[C@H]1CC[C@@H](O)C[C@@H]1c1ccc(C(C)(C)CCCCCC)cc1O. The van der Waals surface area contributed by atoms with Crippen LogP contribution >= 0.6 is 0 Å². The third kappa shape index (κ3) is 5.36. The van der Waals surface area contributed by atoms with Crippen molar-refractivity contribution in [3.63, 3.8) is 0 Å². The van der Waals surface area contributed by atoms with E-state index < -0.39 is 0 Å². The minimum atomic E-state index is -0.254. The van der Waals surface area contributed by atoms with Crippen molar-refractivity contribution in [2.75, 3.05) is 0 Å². The number of rotatable bonds is 9. The van der Waals surface area contributed by atoms with Crippen LogP contribution in [0.25, 0.3) is 0 Å². The van der Waals surface area contributed by atoms with Crippen LogP contribution in [0.2, 0.25) is 0 Å². The molecule has 0 aromatic heterocycles. The van der Waals surface area contributed by atoms with E-state index in [1.807, 2.05) is 12.1 Å². The zero-order valence-electron chi connectivity index (χ0n) is 17.0. The summed E-state index contributed by atoms with van der Waals surface area (Å²) in [5, 5.41) is 20.9. The van der Waals surface area contributed by atoms with Crippen molar-refractivity contribution in [2.45, 2.75) is 96.0 Å². The maximum atomic E-state index is 10.8. The lowest BCUT2D eigenvalue weighted by atomic mass is 9.72. The van der Waals surface area contributed by atoms with E-state index in [2.05, 4.69) is 39.5 Å². The average Bonchev–Trinajstić information content (AvgIpc) is 2.60. The first kappa shape index (κ1) is 21.0. The molecule has 146 valence electrons. The molecule has 0 heterocycles. The molecule has 2 rings (SSSR count). The number of aliphatic hydroxyl groups is 1. The smallest absolute Gasteiger partial charge is 0.119 e. The summed E-state index contributed by atoms with van der Waals surface area (Å²) in [5.74, 6) is 1.09. The quantitative estimate of drug-likeness (QED) is 0.393. The molecule has 1 fully saturated rings. The topological polar surface area (TPSA) is 40.5 Å². The molecule has 1 aliphatic rings. The van der Waals surface area contributed by atoms with Gasteiger partial charge < -0.3 is 10.2 Å². The van der Waals surface area contributed by atoms with Crippen molar-refractivity contribution in [3.05, 3.63) is 42.0 Å². The molecule has 1 aromatic carbocycles. The lowest BCUT2D eigenvalue weighted by Gasteiger charge is -2.35. The van der Waals surface area contributed by atoms with E-state index in [1.54, 1.807) is 0 Å². The Kier molecular flexibility index (Phi) is 7.76. The highest BCUT2D eigenvalue weighted by Gasteiger charge is 2.32. The summed E-state index contributed by atoms with van der Waals surface area (Å²) in [6.45, 7) is 10.7. The van der Waals surface area contributed by atoms with Crippen LogP contribution in [0.1, 0.15) is 95.6 Å². The van der Waals surface area contributed by atoms with Gasteiger partial charge in [0, 0.05) is 0 Å². The molecule has 0 unspecified atom stereocenters. The minimum Gasteiger partial charge on any atom is -0.508 e. The maximum absolute atomic E-state index is 10.8. The van der Waals surface area contributed by atoms with Crippen LogP contribution in [-0.2, 0) is 5.41 Å². The van der Waals surface area contributed by atoms with Crippen molar-refractivity contribution in [1.82, 2.24) is 0 Å². The van der Waals surface area contributed by atoms with Crippen LogP contribution < -0.4 is 0 Å². The Balaban J connectivity index is 2.15. The highest BCUT2D eigenvalue weighted by Crippen LogP contribution is 2.44. The van der Waals surface area contributed by atoms with Gasteiger partial charge in [-0.15, -0.1) is 6.58 Å². The van der Waals surface area contributed by atoms with Crippen LogP contribution in [0.4, 0.5) is 0 Å². The molecule has 0 spiro atoms. The van der Waals surface area contributed by atoms with E-state index in [0.29, 0.717) is 11.7 Å². The van der Waals surface area contributed by atoms with Gasteiger partial charge in [0.15, 0.2) is 0 Å². The number of benzene rings is 1. The fourth-order valence-electron chi connectivity index (χ4n) is 4.50. The molecular formula is C24H38O2. The molecule has 3 atom stereocenters. The Morgan fingerprint density at radius 2 is 1.96 bits per heavy atom. The third-order valence-electron chi connectivity index (χ3n) is 6.30. The summed E-state index contributed by atoms with van der Waals surface area (Å²) in [5.41, 5.74) is 2.30. The van der Waals surface area contributed by atoms with Gasteiger partial charge in [-0.05, 0) is 66.5 Å². The van der Waals surface area contributed by atoms with E-state index in [1.165, 1.54) is 31.2 Å². The molecule has 2 nitrogen and oxygen atoms in total. The second-order valence-electron chi connectivity index (χ2n) is 8.83. The first-order chi connectivity index (χ1) is 12.4. The number of allylic oxidation sites excluding steroid dienone is 1. The van der Waals surface area contributed by atoms with Crippen molar-refractivity contribution in [3.8, 4) is 5.75 Å². The molecule has 0 saturated heterocycles. The highest BCUT2D eigenvalue weighted by molar-refractivity contribution is 5.42. The van der Waals surface area contributed by atoms with Gasteiger partial charge in [-0.2, -0.15) is 0 Å². The summed E-state index contributed by atoms with van der Waals surface area (Å²) in [7, 11) is 0. The second kappa shape index (κ2) is 9.60. The van der Waals surface area contributed by atoms with Gasteiger partial charge in [-0.1, -0.05) is 64.7 Å². The van der Waals surface area contributed by atoms with Gasteiger partial charge in [-0.3, -0.25) is 0 Å². The summed E-state index contributed by atoms with van der Waals surface area (Å²) in [6, 6.07) is 6.28. The molecular weight excluding hydrogens is 320 g/mol. The van der Waals surface area contributed by atoms with Gasteiger partial charge in [0.05, 0.1) is 6.10 Å². The number of hydrogen-bond acceptors (Lipinski definition) is 2. The zero-order valence-corrected chi connectivity index (χ0v) is 17.0. The van der Waals surface area contributed by atoms with Crippen molar-refractivity contribution < 1.29 is 10.2 Å². The van der Waals surface area contributed by atoms with Gasteiger partial charge in [0.2, 0.25) is 0 Å². The Bertz CT molecular complexity index is 576. The first-order valence-corrected chi connectivity index (χ1v) is 10.5. The summed E-state index contributed by atoms with van der Waals surface area (Å²) < 4.78 is 0. The van der Waals surface area contributed by atoms with E-state index in [4.69, 9.17) is 0 Å². The second-order valence-corrected chi connectivity index (χ2v) is 8.83. The average molecular weight is 359 g/mol. The minimum absolute atomic E-state index is 0.0797. The highest BCUT2D eigenvalue weighted by atomic mass is 16.3. The molecule has 1 saturated carbocycles. The number of unbranched alkanes of at least 4 members (excludes halogenated alkanes) is 3. The van der Waals surface area contributed by atoms with Gasteiger partial charge in [0.25, 0.3) is 0 Å². The first-order valence-electron chi connectivity index (χ1n) is 10.5. The summed E-state index contributed by atoms with van der Waals surface area (Å²) in [6.07, 6.45) is 11.5. The monoisotopic (exact) mass is 358 g/mol. The van der Waals surface area contributed by atoms with Crippen molar-refractivity contribution in [2.24, 2.45) is 5.92 Å². The fourth-order valence-corrected chi connectivity index (χ4v) is 4.50. The van der Waals surface area contributed by atoms with Gasteiger partial charge >= 0.3 is 0 Å². The predicted octanol–water partition coefficient (Wildman–Crippen LogP) is 6.46. The maximum Gasteiger partial charge on any atom is 0.119 e. The molecule has 1 aliphatic carbocycles. The zero-order chi connectivity index (χ0) is 19.2. The molecule has 0 aliphatic heterocycles. The molecule has 2 heteroatoms. The Morgan fingerprint density at radius 1 is 1.19 bits per heavy atom. The molecule has 0 amide bonds. The molecule has 2 N–H and O–H groups in total. The van der Waals surface area contributed by atoms with E-state index in [0.717, 1.165) is 37.7 Å². The van der Waals surface area contributed by atoms with E-state index >= 15 is 0 Å². The fraction of sp³-hybridized carbons (Fsp3) is 0.667. The van der Waals surface area contributed by atoms with Crippen LogP contribution in [0.5, 0.6) is 5.75 Å².